The topological polar surface area (TPSA) is 72.3 Å². The normalized spacial score (nSPS) is 17.9. The second kappa shape index (κ2) is 7.23. The van der Waals surface area contributed by atoms with E-state index in [0.29, 0.717) is 17.4 Å². The highest BCUT2D eigenvalue weighted by Crippen LogP contribution is 2.18. The molecule has 7 nitrogen and oxygen atoms in total. The zero-order valence-electron chi connectivity index (χ0n) is 15.2. The number of likely N-dealkylation sites (tertiary alicyclic amines) is 1. The monoisotopic (exact) mass is 343 g/mol. The van der Waals surface area contributed by atoms with Crippen molar-refractivity contribution in [3.8, 4) is 11.4 Å². The van der Waals surface area contributed by atoms with Gasteiger partial charge in [-0.3, -0.25) is 9.69 Å². The van der Waals surface area contributed by atoms with E-state index in [1.165, 1.54) is 0 Å². The summed E-state index contributed by atoms with van der Waals surface area (Å²) in [5, 5.41) is 11.3. The Labute approximate surface area is 148 Å². The van der Waals surface area contributed by atoms with E-state index in [1.807, 2.05) is 31.2 Å². The summed E-state index contributed by atoms with van der Waals surface area (Å²) in [4.78, 5) is 15.0. The largest absolute Gasteiger partial charge is 0.497 e. The predicted molar refractivity (Wildman–Crippen MR) is 95.2 cm³/mol. The summed E-state index contributed by atoms with van der Waals surface area (Å²) in [5.74, 6) is 0.570. The smallest absolute Gasteiger partial charge is 0.274 e. The third kappa shape index (κ3) is 3.66. The Morgan fingerprint density at radius 3 is 2.88 bits per heavy atom. The first kappa shape index (κ1) is 17.4. The molecule has 2 aromatic rings. The van der Waals surface area contributed by atoms with E-state index < -0.39 is 0 Å². The summed E-state index contributed by atoms with van der Waals surface area (Å²) < 4.78 is 6.90. The number of carbonyl (C=O) groups excluding carboxylic acids is 1. The first-order valence-corrected chi connectivity index (χ1v) is 8.61. The second-order valence-corrected chi connectivity index (χ2v) is 6.68. The van der Waals surface area contributed by atoms with E-state index in [4.69, 9.17) is 4.74 Å². The number of rotatable bonds is 5. The van der Waals surface area contributed by atoms with Crippen LogP contribution in [0, 0.1) is 6.92 Å². The summed E-state index contributed by atoms with van der Waals surface area (Å²) in [6.07, 6.45) is 0.965. The molecular weight excluding hydrogens is 318 g/mol. The number of hydrogen-bond acceptors (Lipinski definition) is 5. The van der Waals surface area contributed by atoms with Gasteiger partial charge >= 0.3 is 0 Å². The Balaban J connectivity index is 1.73. The van der Waals surface area contributed by atoms with Gasteiger partial charge in [0.05, 0.1) is 18.5 Å². The number of hydrogen-bond donors (Lipinski definition) is 1. The lowest BCUT2D eigenvalue weighted by atomic mass is 10.2. The van der Waals surface area contributed by atoms with E-state index in [1.54, 1.807) is 11.8 Å². The van der Waals surface area contributed by atoms with Crippen molar-refractivity contribution in [2.45, 2.75) is 39.3 Å². The van der Waals surface area contributed by atoms with Crippen molar-refractivity contribution in [3.05, 3.63) is 35.7 Å². The number of benzene rings is 1. The minimum atomic E-state index is -0.165. The number of aromatic nitrogens is 3. The zero-order chi connectivity index (χ0) is 18.0. The third-order valence-electron chi connectivity index (χ3n) is 4.69. The Morgan fingerprint density at radius 2 is 2.20 bits per heavy atom. The first-order chi connectivity index (χ1) is 12.0. The van der Waals surface area contributed by atoms with Gasteiger partial charge in [0.2, 0.25) is 0 Å². The molecule has 1 unspecified atom stereocenters. The van der Waals surface area contributed by atoms with Crippen molar-refractivity contribution in [3.63, 3.8) is 0 Å². The maximum absolute atomic E-state index is 12.6. The summed E-state index contributed by atoms with van der Waals surface area (Å²) in [6.45, 7) is 8.09. The van der Waals surface area contributed by atoms with Crippen LogP contribution in [0.1, 0.15) is 36.5 Å². The lowest BCUT2D eigenvalue weighted by molar-refractivity contribution is 0.0931. The maximum Gasteiger partial charge on any atom is 0.274 e. The molecule has 25 heavy (non-hydrogen) atoms. The zero-order valence-corrected chi connectivity index (χ0v) is 15.2. The van der Waals surface area contributed by atoms with Crippen LogP contribution < -0.4 is 10.1 Å². The molecule has 2 heterocycles. The minimum Gasteiger partial charge on any atom is -0.497 e. The molecule has 0 saturated carbocycles. The lowest BCUT2D eigenvalue weighted by Gasteiger charge is -2.20. The van der Waals surface area contributed by atoms with Crippen LogP contribution in [-0.4, -0.2) is 58.1 Å². The molecule has 1 aliphatic rings. The molecule has 7 heteroatoms. The van der Waals surface area contributed by atoms with Crippen LogP contribution in [0.15, 0.2) is 24.3 Å². The van der Waals surface area contributed by atoms with Crippen molar-refractivity contribution in [2.75, 3.05) is 20.2 Å². The Bertz CT molecular complexity index is 756. The van der Waals surface area contributed by atoms with Crippen molar-refractivity contribution in [1.82, 2.24) is 25.2 Å². The van der Waals surface area contributed by atoms with Gasteiger partial charge in [0, 0.05) is 31.2 Å². The van der Waals surface area contributed by atoms with Crippen molar-refractivity contribution in [2.24, 2.45) is 0 Å². The predicted octanol–water partition coefficient (Wildman–Crippen LogP) is 1.80. The van der Waals surface area contributed by atoms with Crippen LogP contribution in [0.4, 0.5) is 0 Å². The fraction of sp³-hybridized carbons (Fsp3) is 0.500. The maximum atomic E-state index is 12.6. The van der Waals surface area contributed by atoms with Gasteiger partial charge in [-0.15, -0.1) is 5.10 Å². The molecule has 0 spiro atoms. The number of carbonyl (C=O) groups is 1. The van der Waals surface area contributed by atoms with Gasteiger partial charge in [-0.1, -0.05) is 11.3 Å². The molecular formula is C18H25N5O2. The van der Waals surface area contributed by atoms with E-state index in [-0.39, 0.29) is 11.9 Å². The number of amides is 1. The van der Waals surface area contributed by atoms with Gasteiger partial charge in [0.25, 0.3) is 5.91 Å². The van der Waals surface area contributed by atoms with Gasteiger partial charge in [0.15, 0.2) is 5.69 Å². The number of methoxy groups -OCH3 is 1. The minimum absolute atomic E-state index is 0.163. The highest BCUT2D eigenvalue weighted by molar-refractivity contribution is 5.93. The quantitative estimate of drug-likeness (QED) is 0.896. The fourth-order valence-electron chi connectivity index (χ4n) is 3.15. The number of nitrogens with zero attached hydrogens (tertiary/aromatic N) is 4. The van der Waals surface area contributed by atoms with Crippen LogP contribution in [0.5, 0.6) is 5.75 Å². The molecule has 1 aromatic heterocycles. The van der Waals surface area contributed by atoms with Crippen LogP contribution >= 0.6 is 0 Å². The van der Waals surface area contributed by atoms with Gasteiger partial charge in [-0.05, 0) is 39.3 Å². The van der Waals surface area contributed by atoms with E-state index in [0.717, 1.165) is 30.9 Å². The molecule has 0 bridgehead atoms. The number of nitrogens with one attached hydrogen (secondary N) is 1. The lowest BCUT2D eigenvalue weighted by Crippen LogP contribution is -2.38. The van der Waals surface area contributed by atoms with Crippen LogP contribution in [0.25, 0.3) is 5.69 Å². The standard InChI is InChI=1S/C18H25N5O2/c1-12(2)22-9-8-14(11-22)19-18(24)17-13(3)23(21-20-17)15-6-5-7-16(10-15)25-4/h5-7,10,12,14H,8-9,11H2,1-4H3,(H,19,24). The molecule has 1 atom stereocenters. The molecule has 1 saturated heterocycles. The average molecular weight is 343 g/mol. The van der Waals surface area contributed by atoms with Crippen LogP contribution in [-0.2, 0) is 0 Å². The summed E-state index contributed by atoms with van der Waals surface area (Å²) in [6, 6.07) is 8.18. The molecule has 0 radical (unpaired) electrons. The summed E-state index contributed by atoms with van der Waals surface area (Å²) in [7, 11) is 1.62. The molecule has 1 fully saturated rings. The summed E-state index contributed by atoms with van der Waals surface area (Å²) in [5.41, 5.74) is 1.89. The molecule has 1 aliphatic heterocycles. The Morgan fingerprint density at radius 1 is 1.40 bits per heavy atom. The van der Waals surface area contributed by atoms with Crippen molar-refractivity contribution >= 4 is 5.91 Å². The SMILES string of the molecule is COc1cccc(-n2nnc(C(=O)NC3CCN(C(C)C)C3)c2C)c1. The molecule has 3 rings (SSSR count). The molecule has 1 N–H and O–H groups in total. The van der Waals surface area contributed by atoms with E-state index >= 15 is 0 Å². The fourth-order valence-corrected chi connectivity index (χ4v) is 3.15. The summed E-state index contributed by atoms with van der Waals surface area (Å²) >= 11 is 0. The molecule has 1 aromatic carbocycles. The Kier molecular flexibility index (Phi) is 5.03. The van der Waals surface area contributed by atoms with Crippen molar-refractivity contribution in [1.29, 1.82) is 0 Å². The third-order valence-corrected chi connectivity index (χ3v) is 4.69. The average Bonchev–Trinajstić information content (AvgIpc) is 3.21. The van der Waals surface area contributed by atoms with E-state index in [2.05, 4.69) is 34.4 Å². The van der Waals surface area contributed by atoms with E-state index in [9.17, 15) is 4.79 Å². The highest BCUT2D eigenvalue weighted by Gasteiger charge is 2.27. The van der Waals surface area contributed by atoms with Crippen molar-refractivity contribution < 1.29 is 9.53 Å². The second-order valence-electron chi connectivity index (χ2n) is 6.68. The van der Waals surface area contributed by atoms with Gasteiger partial charge in [-0.2, -0.15) is 0 Å². The van der Waals surface area contributed by atoms with Gasteiger partial charge < -0.3 is 10.1 Å². The highest BCUT2D eigenvalue weighted by atomic mass is 16.5. The molecule has 134 valence electrons. The molecule has 0 aliphatic carbocycles. The molecule has 1 amide bonds. The van der Waals surface area contributed by atoms with Gasteiger partial charge in [-0.25, -0.2) is 4.68 Å². The number of ether oxygens (including phenoxy) is 1. The van der Waals surface area contributed by atoms with Gasteiger partial charge in [0.1, 0.15) is 5.75 Å². The Hall–Kier alpha value is -2.41. The van der Waals surface area contributed by atoms with Crippen LogP contribution in [0.2, 0.25) is 0 Å². The van der Waals surface area contributed by atoms with Crippen LogP contribution in [0.3, 0.4) is 0 Å². The first-order valence-electron chi connectivity index (χ1n) is 8.61.